The van der Waals surface area contributed by atoms with Gasteiger partial charge in [0.15, 0.2) is 0 Å². The highest BCUT2D eigenvalue weighted by Gasteiger charge is 2.15. The minimum Gasteiger partial charge on any atom is -0.495 e. The number of H-pyrrole nitrogens is 1. The van der Waals surface area contributed by atoms with Gasteiger partial charge in [-0.15, -0.1) is 0 Å². The summed E-state index contributed by atoms with van der Waals surface area (Å²) in [4.78, 5) is 2.98. The molecule has 3 nitrogen and oxygen atoms in total. The van der Waals surface area contributed by atoms with E-state index in [4.69, 9.17) is 10.5 Å². The highest BCUT2D eigenvalue weighted by molar-refractivity contribution is 5.32. The Hall–Kier alpha value is -0.960. The highest BCUT2D eigenvalue weighted by atomic mass is 16.5. The van der Waals surface area contributed by atoms with Crippen molar-refractivity contribution in [2.24, 2.45) is 11.7 Å². The second-order valence-corrected chi connectivity index (χ2v) is 3.25. The van der Waals surface area contributed by atoms with Crippen LogP contribution in [0.1, 0.15) is 25.5 Å². The molecule has 3 N–H and O–H groups in total. The van der Waals surface area contributed by atoms with Gasteiger partial charge in [0, 0.05) is 24.0 Å². The fourth-order valence-electron chi connectivity index (χ4n) is 1.16. The fourth-order valence-corrected chi connectivity index (χ4v) is 1.16. The molecule has 0 saturated carbocycles. The summed E-state index contributed by atoms with van der Waals surface area (Å²) in [5, 5.41) is 0. The molecule has 12 heavy (non-hydrogen) atoms. The van der Waals surface area contributed by atoms with Crippen LogP contribution in [0.25, 0.3) is 0 Å². The predicted octanol–water partition coefficient (Wildman–Crippen LogP) is 1.68. The van der Waals surface area contributed by atoms with Crippen LogP contribution in [0.5, 0.6) is 5.75 Å². The van der Waals surface area contributed by atoms with Gasteiger partial charge >= 0.3 is 0 Å². The molecule has 68 valence electrons. The maximum absolute atomic E-state index is 5.96. The Morgan fingerprint density at radius 3 is 2.58 bits per heavy atom. The molecule has 0 aliphatic rings. The van der Waals surface area contributed by atoms with Crippen molar-refractivity contribution in [2.45, 2.75) is 19.9 Å². The molecule has 0 radical (unpaired) electrons. The number of nitrogens with two attached hydrogens (primary N) is 1. The molecular formula is C9H16N2O. The van der Waals surface area contributed by atoms with E-state index >= 15 is 0 Å². The summed E-state index contributed by atoms with van der Waals surface area (Å²) in [7, 11) is 1.65. The highest BCUT2D eigenvalue weighted by Crippen LogP contribution is 2.27. The molecule has 0 saturated heterocycles. The van der Waals surface area contributed by atoms with E-state index in [1.54, 1.807) is 7.11 Å². The Bertz CT molecular complexity index is 242. The molecule has 0 aromatic carbocycles. The lowest BCUT2D eigenvalue weighted by Gasteiger charge is -2.15. The Morgan fingerprint density at radius 2 is 2.08 bits per heavy atom. The quantitative estimate of drug-likeness (QED) is 0.721. The first-order chi connectivity index (χ1) is 5.66. The van der Waals surface area contributed by atoms with Crippen molar-refractivity contribution in [2.75, 3.05) is 7.11 Å². The number of methoxy groups -OCH3 is 1. The van der Waals surface area contributed by atoms with E-state index in [9.17, 15) is 0 Å². The van der Waals surface area contributed by atoms with E-state index in [0.717, 1.165) is 11.3 Å². The van der Waals surface area contributed by atoms with Gasteiger partial charge in [-0.1, -0.05) is 13.8 Å². The van der Waals surface area contributed by atoms with Crippen LogP contribution in [0.15, 0.2) is 12.4 Å². The molecule has 0 spiro atoms. The zero-order valence-corrected chi connectivity index (χ0v) is 7.79. The van der Waals surface area contributed by atoms with Crippen LogP contribution in [0.3, 0.4) is 0 Å². The van der Waals surface area contributed by atoms with Gasteiger partial charge in [-0.2, -0.15) is 0 Å². The SMILES string of the molecule is COc1c[nH]cc1[C@@H](N)C(C)C. The van der Waals surface area contributed by atoms with Crippen LogP contribution in [0, 0.1) is 5.92 Å². The van der Waals surface area contributed by atoms with Crippen molar-refractivity contribution in [3.8, 4) is 5.75 Å². The summed E-state index contributed by atoms with van der Waals surface area (Å²) in [5.41, 5.74) is 7.01. The van der Waals surface area contributed by atoms with Crippen LogP contribution in [-0.2, 0) is 0 Å². The largest absolute Gasteiger partial charge is 0.495 e. The first kappa shape index (κ1) is 9.13. The van der Waals surface area contributed by atoms with Crippen molar-refractivity contribution in [3.05, 3.63) is 18.0 Å². The fraction of sp³-hybridized carbons (Fsp3) is 0.556. The summed E-state index contributed by atoms with van der Waals surface area (Å²) in [6.07, 6.45) is 3.71. The summed E-state index contributed by atoms with van der Waals surface area (Å²) in [6.45, 7) is 4.19. The van der Waals surface area contributed by atoms with Crippen LogP contribution in [0.2, 0.25) is 0 Å². The molecule has 0 unspecified atom stereocenters. The number of hydrogen-bond acceptors (Lipinski definition) is 2. The lowest BCUT2D eigenvalue weighted by molar-refractivity contribution is 0.398. The molecule has 1 heterocycles. The van der Waals surface area contributed by atoms with Gasteiger partial charge in [-0.05, 0) is 5.92 Å². The summed E-state index contributed by atoms with van der Waals surface area (Å²) >= 11 is 0. The third kappa shape index (κ3) is 1.61. The molecule has 1 aromatic heterocycles. The van der Waals surface area contributed by atoms with Gasteiger partial charge in [-0.25, -0.2) is 0 Å². The number of ether oxygens (including phenoxy) is 1. The van der Waals surface area contributed by atoms with E-state index in [1.807, 2.05) is 12.4 Å². The molecule has 3 heteroatoms. The van der Waals surface area contributed by atoms with Gasteiger partial charge in [0.25, 0.3) is 0 Å². The third-order valence-electron chi connectivity index (χ3n) is 2.04. The van der Waals surface area contributed by atoms with Gasteiger partial charge in [0.05, 0.1) is 7.11 Å². The second kappa shape index (κ2) is 3.63. The lowest BCUT2D eigenvalue weighted by Crippen LogP contribution is -2.16. The van der Waals surface area contributed by atoms with E-state index in [-0.39, 0.29) is 6.04 Å². The predicted molar refractivity (Wildman–Crippen MR) is 49.1 cm³/mol. The number of aromatic nitrogens is 1. The zero-order chi connectivity index (χ0) is 9.14. The Balaban J connectivity index is 2.86. The molecule has 1 aromatic rings. The van der Waals surface area contributed by atoms with Crippen molar-refractivity contribution < 1.29 is 4.74 Å². The average molecular weight is 168 g/mol. The lowest BCUT2D eigenvalue weighted by atomic mass is 9.99. The van der Waals surface area contributed by atoms with E-state index in [0.29, 0.717) is 5.92 Å². The summed E-state index contributed by atoms with van der Waals surface area (Å²) < 4.78 is 5.15. The van der Waals surface area contributed by atoms with E-state index < -0.39 is 0 Å². The first-order valence-corrected chi connectivity index (χ1v) is 4.13. The minimum atomic E-state index is 0.0474. The second-order valence-electron chi connectivity index (χ2n) is 3.25. The normalized spacial score (nSPS) is 13.4. The van der Waals surface area contributed by atoms with Gasteiger partial charge in [-0.3, -0.25) is 0 Å². The minimum absolute atomic E-state index is 0.0474. The Morgan fingerprint density at radius 1 is 1.42 bits per heavy atom. The Kier molecular flexibility index (Phi) is 2.76. The number of aromatic amines is 1. The van der Waals surface area contributed by atoms with Crippen molar-refractivity contribution in [1.29, 1.82) is 0 Å². The molecule has 0 aliphatic carbocycles. The Labute approximate surface area is 72.9 Å². The smallest absolute Gasteiger partial charge is 0.141 e. The molecule has 0 amide bonds. The number of nitrogens with one attached hydrogen (secondary N) is 1. The third-order valence-corrected chi connectivity index (χ3v) is 2.04. The van der Waals surface area contributed by atoms with Crippen molar-refractivity contribution >= 4 is 0 Å². The molecule has 1 atom stereocenters. The molecule has 0 aliphatic heterocycles. The van der Waals surface area contributed by atoms with E-state index in [1.165, 1.54) is 0 Å². The van der Waals surface area contributed by atoms with Crippen LogP contribution < -0.4 is 10.5 Å². The monoisotopic (exact) mass is 168 g/mol. The van der Waals surface area contributed by atoms with Crippen LogP contribution in [-0.4, -0.2) is 12.1 Å². The number of rotatable bonds is 3. The topological polar surface area (TPSA) is 51.0 Å². The zero-order valence-electron chi connectivity index (χ0n) is 7.79. The average Bonchev–Trinajstić information content (AvgIpc) is 2.49. The van der Waals surface area contributed by atoms with Gasteiger partial charge < -0.3 is 15.5 Å². The maximum atomic E-state index is 5.96. The maximum Gasteiger partial charge on any atom is 0.141 e. The molecule has 1 rings (SSSR count). The van der Waals surface area contributed by atoms with Crippen molar-refractivity contribution in [3.63, 3.8) is 0 Å². The molecule has 0 fully saturated rings. The van der Waals surface area contributed by atoms with E-state index in [2.05, 4.69) is 18.8 Å². The summed E-state index contributed by atoms with van der Waals surface area (Å²) in [6, 6.07) is 0.0474. The molecule has 0 bridgehead atoms. The van der Waals surface area contributed by atoms with Crippen LogP contribution in [0.4, 0.5) is 0 Å². The van der Waals surface area contributed by atoms with Crippen molar-refractivity contribution in [1.82, 2.24) is 4.98 Å². The summed E-state index contributed by atoms with van der Waals surface area (Å²) in [5.74, 6) is 1.27. The standard InChI is InChI=1S/C9H16N2O/c1-6(2)9(10)7-4-11-5-8(7)12-3/h4-6,9,11H,10H2,1-3H3/t9-/m0/s1. The van der Waals surface area contributed by atoms with Crippen LogP contribution >= 0.6 is 0 Å². The number of hydrogen-bond donors (Lipinski definition) is 2. The van der Waals surface area contributed by atoms with Gasteiger partial charge in [0.2, 0.25) is 0 Å². The first-order valence-electron chi connectivity index (χ1n) is 4.13. The van der Waals surface area contributed by atoms with Gasteiger partial charge in [0.1, 0.15) is 5.75 Å². The molecular weight excluding hydrogens is 152 g/mol.